The van der Waals surface area contributed by atoms with Gasteiger partial charge in [0.25, 0.3) is 0 Å². The van der Waals surface area contributed by atoms with Gasteiger partial charge in [-0.05, 0) is 23.3 Å². The fourth-order valence-electron chi connectivity index (χ4n) is 2.97. The Morgan fingerprint density at radius 1 is 0.857 bits per heavy atom. The molecule has 0 unspecified atom stereocenters. The van der Waals surface area contributed by atoms with E-state index in [1.54, 1.807) is 18.3 Å². The van der Waals surface area contributed by atoms with Crippen molar-refractivity contribution in [2.45, 2.75) is 6.61 Å². The number of phenolic OH excluding ortho intramolecular Hbond substituents is 1. The first-order valence-corrected chi connectivity index (χ1v) is 8.89. The van der Waals surface area contributed by atoms with E-state index in [9.17, 15) is 5.11 Å². The predicted molar refractivity (Wildman–Crippen MR) is 110 cm³/mol. The number of anilines is 1. The molecule has 0 spiro atoms. The van der Waals surface area contributed by atoms with E-state index in [-0.39, 0.29) is 11.7 Å². The monoisotopic (exact) mass is 369 g/mol. The first-order chi connectivity index (χ1) is 13.7. The van der Waals surface area contributed by atoms with Crippen LogP contribution in [0.25, 0.3) is 22.4 Å². The van der Waals surface area contributed by atoms with E-state index in [0.29, 0.717) is 23.6 Å². The molecule has 0 amide bonds. The van der Waals surface area contributed by atoms with Crippen LogP contribution < -0.4 is 10.5 Å². The van der Waals surface area contributed by atoms with Crippen molar-refractivity contribution in [1.82, 2.24) is 9.97 Å². The van der Waals surface area contributed by atoms with Gasteiger partial charge in [-0.15, -0.1) is 0 Å². The van der Waals surface area contributed by atoms with Crippen molar-refractivity contribution in [2.24, 2.45) is 0 Å². The highest BCUT2D eigenvalue weighted by atomic mass is 16.5. The largest absolute Gasteiger partial charge is 0.507 e. The first kappa shape index (κ1) is 17.5. The van der Waals surface area contributed by atoms with Crippen LogP contribution in [0.15, 0.2) is 85.1 Å². The Balaban J connectivity index is 1.66. The summed E-state index contributed by atoms with van der Waals surface area (Å²) >= 11 is 0. The summed E-state index contributed by atoms with van der Waals surface area (Å²) in [5.41, 5.74) is 9.75. The molecular weight excluding hydrogens is 350 g/mol. The van der Waals surface area contributed by atoms with Gasteiger partial charge in [0.2, 0.25) is 5.95 Å². The standard InChI is InChI=1S/C23H19N3O2/c24-23-25-14-20(17-9-5-2-6-10-17)22(26-23)19-12-11-18(13-21(19)27)28-15-16-7-3-1-4-8-16/h1-14,27H,15H2,(H2,24,25,26). The molecule has 0 atom stereocenters. The van der Waals surface area contributed by atoms with Crippen molar-refractivity contribution in [3.63, 3.8) is 0 Å². The lowest BCUT2D eigenvalue weighted by Crippen LogP contribution is -1.99. The molecule has 0 aliphatic rings. The second-order valence-corrected chi connectivity index (χ2v) is 6.31. The maximum Gasteiger partial charge on any atom is 0.220 e. The normalized spacial score (nSPS) is 10.6. The number of nitrogens with zero attached hydrogens (tertiary/aromatic N) is 2. The molecule has 4 aromatic rings. The van der Waals surface area contributed by atoms with Crippen LogP contribution >= 0.6 is 0 Å². The molecule has 0 fully saturated rings. The molecule has 3 N–H and O–H groups in total. The Morgan fingerprint density at radius 3 is 2.29 bits per heavy atom. The molecule has 0 bridgehead atoms. The number of aromatic hydroxyl groups is 1. The van der Waals surface area contributed by atoms with Gasteiger partial charge in [0.1, 0.15) is 18.1 Å². The number of ether oxygens (including phenoxy) is 1. The predicted octanol–water partition coefficient (Wildman–Crippen LogP) is 4.68. The summed E-state index contributed by atoms with van der Waals surface area (Å²) < 4.78 is 5.78. The Morgan fingerprint density at radius 2 is 1.57 bits per heavy atom. The van der Waals surface area contributed by atoms with Crippen LogP contribution in [0.2, 0.25) is 0 Å². The molecule has 4 rings (SSSR count). The lowest BCUT2D eigenvalue weighted by Gasteiger charge is -2.12. The third kappa shape index (κ3) is 3.78. The van der Waals surface area contributed by atoms with Crippen molar-refractivity contribution in [1.29, 1.82) is 0 Å². The summed E-state index contributed by atoms with van der Waals surface area (Å²) in [6, 6.07) is 24.8. The smallest absolute Gasteiger partial charge is 0.220 e. The molecule has 0 aliphatic carbocycles. The summed E-state index contributed by atoms with van der Waals surface area (Å²) in [6.07, 6.45) is 1.67. The van der Waals surface area contributed by atoms with Crippen LogP contribution in [0.5, 0.6) is 11.5 Å². The van der Waals surface area contributed by atoms with Crippen LogP contribution in [0.3, 0.4) is 0 Å². The minimum absolute atomic E-state index is 0.0702. The van der Waals surface area contributed by atoms with Gasteiger partial charge in [0.15, 0.2) is 0 Å². The summed E-state index contributed by atoms with van der Waals surface area (Å²) in [7, 11) is 0. The lowest BCUT2D eigenvalue weighted by atomic mass is 10.00. The van der Waals surface area contributed by atoms with E-state index in [1.807, 2.05) is 66.7 Å². The van der Waals surface area contributed by atoms with Crippen molar-refractivity contribution < 1.29 is 9.84 Å². The Bertz CT molecular complexity index is 1080. The van der Waals surface area contributed by atoms with Gasteiger partial charge in [-0.1, -0.05) is 60.7 Å². The Labute approximate surface area is 163 Å². The Kier molecular flexibility index (Phi) is 4.89. The molecular formula is C23H19N3O2. The van der Waals surface area contributed by atoms with Gasteiger partial charge >= 0.3 is 0 Å². The zero-order valence-electron chi connectivity index (χ0n) is 15.1. The van der Waals surface area contributed by atoms with Crippen LogP contribution in [-0.2, 0) is 6.61 Å². The number of nitrogens with two attached hydrogens (primary N) is 1. The first-order valence-electron chi connectivity index (χ1n) is 8.89. The van der Waals surface area contributed by atoms with Gasteiger partial charge in [-0.25, -0.2) is 9.97 Å². The SMILES string of the molecule is Nc1ncc(-c2ccccc2)c(-c2ccc(OCc3ccccc3)cc2O)n1. The zero-order valence-corrected chi connectivity index (χ0v) is 15.1. The molecule has 28 heavy (non-hydrogen) atoms. The lowest BCUT2D eigenvalue weighted by molar-refractivity contribution is 0.304. The van der Waals surface area contributed by atoms with E-state index < -0.39 is 0 Å². The number of rotatable bonds is 5. The summed E-state index contributed by atoms with van der Waals surface area (Å²) in [5, 5.41) is 10.6. The molecule has 5 heteroatoms. The van der Waals surface area contributed by atoms with E-state index in [1.165, 1.54) is 0 Å². The van der Waals surface area contributed by atoms with Crippen LogP contribution in [0, 0.1) is 0 Å². The van der Waals surface area contributed by atoms with Gasteiger partial charge in [0, 0.05) is 23.4 Å². The van der Waals surface area contributed by atoms with Crippen LogP contribution in [-0.4, -0.2) is 15.1 Å². The molecule has 0 radical (unpaired) electrons. The quantitative estimate of drug-likeness (QED) is 0.534. The average Bonchev–Trinajstić information content (AvgIpc) is 2.74. The van der Waals surface area contributed by atoms with E-state index in [2.05, 4.69) is 9.97 Å². The number of nitrogen functional groups attached to an aromatic ring is 1. The van der Waals surface area contributed by atoms with Gasteiger partial charge in [-0.2, -0.15) is 0 Å². The number of hydrogen-bond acceptors (Lipinski definition) is 5. The topological polar surface area (TPSA) is 81.3 Å². The van der Waals surface area contributed by atoms with Gasteiger partial charge < -0.3 is 15.6 Å². The molecule has 0 saturated carbocycles. The van der Waals surface area contributed by atoms with E-state index in [0.717, 1.165) is 16.7 Å². The fourth-order valence-corrected chi connectivity index (χ4v) is 2.97. The maximum atomic E-state index is 10.6. The van der Waals surface area contributed by atoms with Crippen LogP contribution in [0.1, 0.15) is 5.56 Å². The average molecular weight is 369 g/mol. The number of phenols is 1. The summed E-state index contributed by atoms with van der Waals surface area (Å²) in [4.78, 5) is 8.48. The number of benzene rings is 3. The van der Waals surface area contributed by atoms with Crippen LogP contribution in [0.4, 0.5) is 5.95 Å². The van der Waals surface area contributed by atoms with Crippen molar-refractivity contribution in [3.8, 4) is 33.9 Å². The van der Waals surface area contributed by atoms with E-state index in [4.69, 9.17) is 10.5 Å². The number of hydrogen-bond donors (Lipinski definition) is 2. The zero-order chi connectivity index (χ0) is 19.3. The third-order valence-electron chi connectivity index (χ3n) is 4.36. The molecule has 5 nitrogen and oxygen atoms in total. The highest BCUT2D eigenvalue weighted by molar-refractivity contribution is 5.83. The Hall–Kier alpha value is -3.86. The molecule has 1 heterocycles. The number of aromatic nitrogens is 2. The van der Waals surface area contributed by atoms with Crippen molar-refractivity contribution in [3.05, 3.63) is 90.6 Å². The molecule has 138 valence electrons. The van der Waals surface area contributed by atoms with Gasteiger partial charge in [0.05, 0.1) is 5.69 Å². The van der Waals surface area contributed by atoms with Gasteiger partial charge in [-0.3, -0.25) is 0 Å². The third-order valence-corrected chi connectivity index (χ3v) is 4.36. The van der Waals surface area contributed by atoms with Crippen molar-refractivity contribution >= 4 is 5.95 Å². The molecule has 0 saturated heterocycles. The van der Waals surface area contributed by atoms with E-state index >= 15 is 0 Å². The molecule has 1 aromatic heterocycles. The summed E-state index contributed by atoms with van der Waals surface area (Å²) in [6.45, 7) is 0.426. The maximum absolute atomic E-state index is 10.6. The highest BCUT2D eigenvalue weighted by Crippen LogP contribution is 2.37. The second-order valence-electron chi connectivity index (χ2n) is 6.31. The minimum Gasteiger partial charge on any atom is -0.507 e. The minimum atomic E-state index is 0.0702. The fraction of sp³-hybridized carbons (Fsp3) is 0.0435. The molecule has 0 aliphatic heterocycles. The molecule has 3 aromatic carbocycles. The summed E-state index contributed by atoms with van der Waals surface area (Å²) in [5.74, 6) is 0.799. The van der Waals surface area contributed by atoms with Crippen molar-refractivity contribution in [2.75, 3.05) is 5.73 Å². The second kappa shape index (κ2) is 7.80. The highest BCUT2D eigenvalue weighted by Gasteiger charge is 2.15.